The Bertz CT molecular complexity index is 488. The Hall–Kier alpha value is -0.750. The number of halogens is 4. The third kappa shape index (κ3) is 4.61. The van der Waals surface area contributed by atoms with Crippen LogP contribution in [0, 0.1) is 5.92 Å². The van der Waals surface area contributed by atoms with Crippen LogP contribution in [-0.4, -0.2) is 25.7 Å². The van der Waals surface area contributed by atoms with Gasteiger partial charge in [0.05, 0.1) is 5.56 Å². The van der Waals surface area contributed by atoms with Crippen LogP contribution in [0.25, 0.3) is 0 Å². The molecule has 0 saturated carbocycles. The Morgan fingerprint density at radius 2 is 2.05 bits per heavy atom. The Kier molecular flexibility index (Phi) is 5.20. The fourth-order valence-corrected chi connectivity index (χ4v) is 3.04. The van der Waals surface area contributed by atoms with Gasteiger partial charge in [-0.25, -0.2) is 0 Å². The van der Waals surface area contributed by atoms with Gasteiger partial charge in [0.1, 0.15) is 0 Å². The van der Waals surface area contributed by atoms with Crippen LogP contribution in [0.5, 0.6) is 0 Å². The molecule has 1 aromatic rings. The number of hydrogen-bond donors (Lipinski definition) is 1. The fourth-order valence-electron chi connectivity index (χ4n) is 2.56. The highest BCUT2D eigenvalue weighted by Crippen LogP contribution is 2.35. The van der Waals surface area contributed by atoms with Crippen molar-refractivity contribution < 1.29 is 13.2 Å². The summed E-state index contributed by atoms with van der Waals surface area (Å²) < 4.78 is 39.1. The molecule has 1 fully saturated rings. The molecular formula is C15H20BrF3N2. The summed E-state index contributed by atoms with van der Waals surface area (Å²) in [5.41, 5.74) is 0.0411. The third-order valence-corrected chi connectivity index (χ3v) is 4.13. The number of alkyl halides is 3. The third-order valence-electron chi connectivity index (χ3n) is 3.68. The smallest absolute Gasteiger partial charge is 0.371 e. The molecule has 1 aromatic carbocycles. The van der Waals surface area contributed by atoms with Gasteiger partial charge in [0.2, 0.25) is 0 Å². The van der Waals surface area contributed by atoms with E-state index in [1.54, 1.807) is 6.07 Å². The van der Waals surface area contributed by atoms with Crippen LogP contribution < -0.4 is 10.2 Å². The minimum Gasteiger partial charge on any atom is -0.371 e. The molecule has 2 nitrogen and oxygen atoms in total. The summed E-state index contributed by atoms with van der Waals surface area (Å²) in [4.78, 5) is 2.03. The molecule has 0 spiro atoms. The highest BCUT2D eigenvalue weighted by Gasteiger charge is 2.32. The number of benzene rings is 1. The normalized spacial score (nSPS) is 19.6. The van der Waals surface area contributed by atoms with Gasteiger partial charge in [-0.1, -0.05) is 29.8 Å². The molecule has 21 heavy (non-hydrogen) atoms. The van der Waals surface area contributed by atoms with Gasteiger partial charge in [0.25, 0.3) is 0 Å². The SMILES string of the molecule is CC(C)NCC1CCN(c2cc(Br)cc(C(F)(F)F)c2)C1. The molecule has 1 heterocycles. The van der Waals surface area contributed by atoms with E-state index < -0.39 is 11.7 Å². The van der Waals surface area contributed by atoms with E-state index in [1.165, 1.54) is 6.07 Å². The molecule has 6 heteroatoms. The van der Waals surface area contributed by atoms with Crippen molar-refractivity contribution in [1.29, 1.82) is 0 Å². The maximum atomic E-state index is 12.9. The van der Waals surface area contributed by atoms with E-state index in [9.17, 15) is 13.2 Å². The first-order chi connectivity index (χ1) is 9.75. The van der Waals surface area contributed by atoms with Gasteiger partial charge >= 0.3 is 6.18 Å². The van der Waals surface area contributed by atoms with Crippen LogP contribution >= 0.6 is 15.9 Å². The Labute approximate surface area is 131 Å². The van der Waals surface area contributed by atoms with E-state index in [4.69, 9.17) is 0 Å². The van der Waals surface area contributed by atoms with E-state index in [0.29, 0.717) is 22.1 Å². The second-order valence-electron chi connectivity index (χ2n) is 5.86. The molecule has 0 amide bonds. The first kappa shape index (κ1) is 16.6. The second-order valence-corrected chi connectivity index (χ2v) is 6.78. The summed E-state index contributed by atoms with van der Waals surface area (Å²) in [6.07, 6.45) is -3.30. The lowest BCUT2D eigenvalue weighted by Gasteiger charge is -2.21. The predicted octanol–water partition coefficient (Wildman–Crippen LogP) is 4.29. The zero-order valence-electron chi connectivity index (χ0n) is 12.2. The topological polar surface area (TPSA) is 15.3 Å². The van der Waals surface area contributed by atoms with Crippen molar-refractivity contribution in [2.75, 3.05) is 24.5 Å². The maximum absolute atomic E-state index is 12.9. The molecule has 1 saturated heterocycles. The molecular weight excluding hydrogens is 345 g/mol. The molecule has 0 aliphatic carbocycles. The highest BCUT2D eigenvalue weighted by atomic mass is 79.9. The Morgan fingerprint density at radius 3 is 2.67 bits per heavy atom. The minimum absolute atomic E-state index is 0.432. The average Bonchev–Trinajstić information content (AvgIpc) is 2.83. The quantitative estimate of drug-likeness (QED) is 0.856. The van der Waals surface area contributed by atoms with Crippen molar-refractivity contribution in [2.45, 2.75) is 32.5 Å². The molecule has 1 aliphatic rings. The maximum Gasteiger partial charge on any atom is 0.416 e. The summed E-state index contributed by atoms with van der Waals surface area (Å²) in [7, 11) is 0. The summed E-state index contributed by atoms with van der Waals surface area (Å²) in [5.74, 6) is 0.487. The van der Waals surface area contributed by atoms with E-state index in [-0.39, 0.29) is 0 Å². The van der Waals surface area contributed by atoms with Gasteiger partial charge in [0.15, 0.2) is 0 Å². The average molecular weight is 365 g/mol. The highest BCUT2D eigenvalue weighted by molar-refractivity contribution is 9.10. The largest absolute Gasteiger partial charge is 0.416 e. The van der Waals surface area contributed by atoms with E-state index >= 15 is 0 Å². The van der Waals surface area contributed by atoms with Crippen molar-refractivity contribution in [3.63, 3.8) is 0 Å². The number of hydrogen-bond acceptors (Lipinski definition) is 2. The number of anilines is 1. The summed E-state index contributed by atoms with van der Waals surface area (Å²) in [5, 5.41) is 3.39. The molecule has 0 aromatic heterocycles. The monoisotopic (exact) mass is 364 g/mol. The van der Waals surface area contributed by atoms with Gasteiger partial charge in [-0.3, -0.25) is 0 Å². The summed E-state index contributed by atoms with van der Waals surface area (Å²) >= 11 is 3.18. The van der Waals surface area contributed by atoms with Crippen molar-refractivity contribution in [1.82, 2.24) is 5.32 Å². The van der Waals surface area contributed by atoms with Crippen LogP contribution in [0.2, 0.25) is 0 Å². The van der Waals surface area contributed by atoms with E-state index in [1.807, 2.05) is 4.90 Å². The Balaban J connectivity index is 2.08. The zero-order chi connectivity index (χ0) is 15.6. The molecule has 1 unspecified atom stereocenters. The van der Waals surface area contributed by atoms with Crippen LogP contribution in [0.15, 0.2) is 22.7 Å². The van der Waals surface area contributed by atoms with Gasteiger partial charge < -0.3 is 10.2 Å². The first-order valence-corrected chi connectivity index (χ1v) is 7.91. The molecule has 1 aliphatic heterocycles. The van der Waals surface area contributed by atoms with Crippen molar-refractivity contribution in [2.24, 2.45) is 5.92 Å². The molecule has 0 bridgehead atoms. The first-order valence-electron chi connectivity index (χ1n) is 7.12. The van der Waals surface area contributed by atoms with Crippen LogP contribution in [0.3, 0.4) is 0 Å². The fraction of sp³-hybridized carbons (Fsp3) is 0.600. The number of rotatable bonds is 4. The predicted molar refractivity (Wildman–Crippen MR) is 82.6 cm³/mol. The molecule has 2 rings (SSSR count). The molecule has 1 atom stereocenters. The standard InChI is InChI=1S/C15H20BrF3N2/c1-10(2)20-8-11-3-4-21(9-11)14-6-12(15(17,18)19)5-13(16)7-14/h5-7,10-11,20H,3-4,8-9H2,1-2H3. The van der Waals surface area contributed by atoms with Crippen molar-refractivity contribution >= 4 is 21.6 Å². The summed E-state index contributed by atoms with van der Waals surface area (Å²) in [6, 6.07) is 4.55. The Morgan fingerprint density at radius 1 is 1.33 bits per heavy atom. The lowest BCUT2D eigenvalue weighted by Crippen LogP contribution is -2.30. The molecule has 1 N–H and O–H groups in total. The van der Waals surface area contributed by atoms with Gasteiger partial charge in [-0.15, -0.1) is 0 Å². The summed E-state index contributed by atoms with van der Waals surface area (Å²) in [6.45, 7) is 6.70. The molecule has 118 valence electrons. The van der Waals surface area contributed by atoms with Crippen LogP contribution in [-0.2, 0) is 6.18 Å². The number of nitrogens with one attached hydrogen (secondary N) is 1. The van der Waals surface area contributed by atoms with Gasteiger partial charge in [-0.05, 0) is 37.1 Å². The van der Waals surface area contributed by atoms with Gasteiger partial charge in [0, 0.05) is 29.3 Å². The lowest BCUT2D eigenvalue weighted by molar-refractivity contribution is -0.137. The molecule has 0 radical (unpaired) electrons. The zero-order valence-corrected chi connectivity index (χ0v) is 13.8. The van der Waals surface area contributed by atoms with E-state index in [0.717, 1.165) is 32.1 Å². The van der Waals surface area contributed by atoms with Gasteiger partial charge in [-0.2, -0.15) is 13.2 Å². The minimum atomic E-state index is -4.31. The number of nitrogens with zero attached hydrogens (tertiary/aromatic N) is 1. The van der Waals surface area contributed by atoms with E-state index in [2.05, 4.69) is 35.1 Å². The second kappa shape index (κ2) is 6.57. The van der Waals surface area contributed by atoms with Crippen molar-refractivity contribution in [3.8, 4) is 0 Å². The van der Waals surface area contributed by atoms with Crippen LogP contribution in [0.1, 0.15) is 25.8 Å². The van der Waals surface area contributed by atoms with Crippen LogP contribution in [0.4, 0.5) is 18.9 Å². The lowest BCUT2D eigenvalue weighted by atomic mass is 10.1. The van der Waals surface area contributed by atoms with Crippen molar-refractivity contribution in [3.05, 3.63) is 28.2 Å².